The van der Waals surface area contributed by atoms with Crippen LogP contribution in [0.25, 0.3) is 77.0 Å². The average molecular weight is 665 g/mol. The maximum atomic E-state index is 6.79. The number of para-hydroxylation sites is 1. The quantitative estimate of drug-likeness (QED) is 0.166. The van der Waals surface area contributed by atoms with Crippen LogP contribution in [-0.4, -0.2) is 4.98 Å². The number of furan rings is 1. The van der Waals surface area contributed by atoms with Crippen molar-refractivity contribution in [1.29, 1.82) is 0 Å². The third-order valence-corrected chi connectivity index (χ3v) is 10.1. The fourth-order valence-corrected chi connectivity index (χ4v) is 7.58. The van der Waals surface area contributed by atoms with Crippen LogP contribution in [0.15, 0.2) is 199 Å². The van der Waals surface area contributed by atoms with E-state index in [1.54, 1.807) is 0 Å². The zero-order valence-corrected chi connectivity index (χ0v) is 28.3. The fourth-order valence-electron chi connectivity index (χ4n) is 7.58. The molecule has 0 radical (unpaired) electrons. The highest BCUT2D eigenvalue weighted by Crippen LogP contribution is 2.44. The summed E-state index contributed by atoms with van der Waals surface area (Å²) in [5, 5.41) is 5.63. The van der Waals surface area contributed by atoms with Crippen LogP contribution in [0.1, 0.15) is 0 Å². The minimum absolute atomic E-state index is 0.846. The molecule has 0 bridgehead atoms. The molecule has 244 valence electrons. The third-order valence-electron chi connectivity index (χ3n) is 10.1. The summed E-state index contributed by atoms with van der Waals surface area (Å²) < 4.78 is 6.79. The van der Waals surface area contributed by atoms with Crippen LogP contribution in [0.3, 0.4) is 0 Å². The number of anilines is 3. The monoisotopic (exact) mass is 664 g/mol. The van der Waals surface area contributed by atoms with Gasteiger partial charge >= 0.3 is 0 Å². The van der Waals surface area contributed by atoms with E-state index >= 15 is 0 Å². The Kier molecular flexibility index (Phi) is 7.14. The van der Waals surface area contributed by atoms with Crippen molar-refractivity contribution in [3.8, 4) is 33.4 Å². The van der Waals surface area contributed by atoms with E-state index < -0.39 is 0 Å². The zero-order valence-electron chi connectivity index (χ0n) is 28.3. The first-order valence-corrected chi connectivity index (χ1v) is 17.6. The largest absolute Gasteiger partial charge is 0.454 e. The van der Waals surface area contributed by atoms with Gasteiger partial charge in [0, 0.05) is 39.1 Å². The van der Waals surface area contributed by atoms with Gasteiger partial charge < -0.3 is 9.32 Å². The van der Waals surface area contributed by atoms with Gasteiger partial charge in [0.2, 0.25) is 0 Å². The molecule has 52 heavy (non-hydrogen) atoms. The van der Waals surface area contributed by atoms with Gasteiger partial charge in [-0.15, -0.1) is 0 Å². The molecule has 0 saturated heterocycles. The Labute approximate surface area is 301 Å². The van der Waals surface area contributed by atoms with E-state index in [1.807, 2.05) is 12.3 Å². The number of rotatable bonds is 6. The highest BCUT2D eigenvalue weighted by molar-refractivity contribution is 6.15. The van der Waals surface area contributed by atoms with Crippen molar-refractivity contribution in [3.05, 3.63) is 194 Å². The van der Waals surface area contributed by atoms with Gasteiger partial charge in [0.05, 0.1) is 11.2 Å². The summed E-state index contributed by atoms with van der Waals surface area (Å²) in [5.41, 5.74) is 12.8. The van der Waals surface area contributed by atoms with Crippen LogP contribution in [0.4, 0.5) is 17.1 Å². The number of pyridine rings is 1. The van der Waals surface area contributed by atoms with Gasteiger partial charge in [0.15, 0.2) is 5.58 Å². The SMILES string of the molecule is c1ccc(-c2ccc(N(c3ccc(-c4ccccc4)cc3)c3cccc4c3oc3ccc(-c5cccc6ccc7cccnc7c56)cc34)cc2)cc1. The van der Waals surface area contributed by atoms with Gasteiger partial charge in [0.1, 0.15) is 5.58 Å². The first-order valence-electron chi connectivity index (χ1n) is 17.6. The molecule has 10 rings (SSSR count). The Hall–Kier alpha value is -6.97. The number of aromatic nitrogens is 1. The van der Waals surface area contributed by atoms with Gasteiger partial charge in [-0.2, -0.15) is 0 Å². The Bertz CT molecular complexity index is 2790. The molecule has 2 heterocycles. The molecular weight excluding hydrogens is 633 g/mol. The molecule has 0 unspecified atom stereocenters. The van der Waals surface area contributed by atoms with E-state index in [4.69, 9.17) is 9.40 Å². The second-order valence-electron chi connectivity index (χ2n) is 13.2. The van der Waals surface area contributed by atoms with E-state index in [9.17, 15) is 0 Å². The Morgan fingerprint density at radius 3 is 1.71 bits per heavy atom. The minimum atomic E-state index is 0.846. The molecule has 0 aliphatic heterocycles. The topological polar surface area (TPSA) is 29.3 Å². The molecule has 0 fully saturated rings. The molecule has 3 nitrogen and oxygen atoms in total. The summed E-state index contributed by atoms with van der Waals surface area (Å²) in [6, 6.07) is 66.6. The van der Waals surface area contributed by atoms with Gasteiger partial charge in [-0.25, -0.2) is 0 Å². The van der Waals surface area contributed by atoms with Crippen LogP contribution in [0, 0.1) is 0 Å². The van der Waals surface area contributed by atoms with Crippen molar-refractivity contribution < 1.29 is 4.42 Å². The van der Waals surface area contributed by atoms with Gasteiger partial charge in [-0.05, 0) is 87.3 Å². The molecule has 0 spiro atoms. The summed E-state index contributed by atoms with van der Waals surface area (Å²) in [6.45, 7) is 0. The summed E-state index contributed by atoms with van der Waals surface area (Å²) in [5.74, 6) is 0. The zero-order chi connectivity index (χ0) is 34.4. The predicted octanol–water partition coefficient (Wildman–Crippen LogP) is 13.8. The minimum Gasteiger partial charge on any atom is -0.454 e. The van der Waals surface area contributed by atoms with Gasteiger partial charge in [0.25, 0.3) is 0 Å². The summed E-state index contributed by atoms with van der Waals surface area (Å²) in [4.78, 5) is 7.11. The second kappa shape index (κ2) is 12.4. The summed E-state index contributed by atoms with van der Waals surface area (Å²) >= 11 is 0. The normalized spacial score (nSPS) is 11.5. The van der Waals surface area contributed by atoms with E-state index in [1.165, 1.54) is 27.6 Å². The van der Waals surface area contributed by atoms with Crippen molar-refractivity contribution in [1.82, 2.24) is 4.98 Å². The molecule has 0 aliphatic rings. The predicted molar refractivity (Wildman–Crippen MR) is 218 cm³/mol. The van der Waals surface area contributed by atoms with Crippen molar-refractivity contribution in [2.45, 2.75) is 0 Å². The molecule has 0 saturated carbocycles. The summed E-state index contributed by atoms with van der Waals surface area (Å²) in [6.07, 6.45) is 1.88. The van der Waals surface area contributed by atoms with Crippen LogP contribution in [-0.2, 0) is 0 Å². The van der Waals surface area contributed by atoms with Crippen molar-refractivity contribution in [2.75, 3.05) is 4.90 Å². The summed E-state index contributed by atoms with van der Waals surface area (Å²) in [7, 11) is 0. The van der Waals surface area contributed by atoms with Crippen molar-refractivity contribution >= 4 is 60.7 Å². The van der Waals surface area contributed by atoms with Crippen LogP contribution < -0.4 is 4.90 Å². The van der Waals surface area contributed by atoms with E-state index in [2.05, 4.69) is 187 Å². The Balaban J connectivity index is 1.13. The fraction of sp³-hybridized carbons (Fsp3) is 0. The lowest BCUT2D eigenvalue weighted by Gasteiger charge is -2.26. The molecule has 0 N–H and O–H groups in total. The molecule has 0 amide bonds. The highest BCUT2D eigenvalue weighted by atomic mass is 16.3. The molecule has 10 aromatic rings. The maximum absolute atomic E-state index is 6.79. The van der Waals surface area contributed by atoms with E-state index in [0.717, 1.165) is 66.4 Å². The first-order chi connectivity index (χ1) is 25.8. The van der Waals surface area contributed by atoms with Crippen LogP contribution in [0.5, 0.6) is 0 Å². The number of hydrogen-bond donors (Lipinski definition) is 0. The average Bonchev–Trinajstić information content (AvgIpc) is 3.61. The highest BCUT2D eigenvalue weighted by Gasteiger charge is 2.20. The van der Waals surface area contributed by atoms with E-state index in [-0.39, 0.29) is 0 Å². The molecule has 0 aliphatic carbocycles. The van der Waals surface area contributed by atoms with Crippen molar-refractivity contribution in [3.63, 3.8) is 0 Å². The lowest BCUT2D eigenvalue weighted by molar-refractivity contribution is 0.669. The third kappa shape index (κ3) is 5.10. The number of hydrogen-bond acceptors (Lipinski definition) is 3. The van der Waals surface area contributed by atoms with Crippen LogP contribution >= 0.6 is 0 Å². The standard InChI is InChI=1S/C49H32N2O/c1-3-10-33(11-4-1)35-21-26-40(27-22-35)51(41-28-23-36(24-29-41)34-12-5-2-6-13-34)45-18-8-17-43-44-32-39(25-30-46(44)52-49(43)45)42-16-7-14-37-19-20-38-15-9-31-50-48(38)47(37)42/h1-32H. The lowest BCUT2D eigenvalue weighted by Crippen LogP contribution is -2.10. The first kappa shape index (κ1) is 29.9. The molecule has 8 aromatic carbocycles. The molecular formula is C49H32N2O. The van der Waals surface area contributed by atoms with Crippen LogP contribution in [0.2, 0.25) is 0 Å². The van der Waals surface area contributed by atoms with Gasteiger partial charge in [-0.3, -0.25) is 4.98 Å². The Morgan fingerprint density at radius 2 is 1.02 bits per heavy atom. The second-order valence-corrected chi connectivity index (χ2v) is 13.2. The molecule has 2 aromatic heterocycles. The maximum Gasteiger partial charge on any atom is 0.159 e. The molecule has 3 heteroatoms. The number of benzene rings is 8. The van der Waals surface area contributed by atoms with Gasteiger partial charge in [-0.1, -0.05) is 140 Å². The van der Waals surface area contributed by atoms with Crippen molar-refractivity contribution in [2.24, 2.45) is 0 Å². The lowest BCUT2D eigenvalue weighted by atomic mass is 9.95. The smallest absolute Gasteiger partial charge is 0.159 e. The van der Waals surface area contributed by atoms with E-state index in [0.29, 0.717) is 0 Å². The molecule has 0 atom stereocenters. The number of nitrogens with zero attached hydrogens (tertiary/aromatic N) is 2. The Morgan fingerprint density at radius 1 is 0.423 bits per heavy atom. The number of fused-ring (bicyclic) bond motifs is 6.